The summed E-state index contributed by atoms with van der Waals surface area (Å²) >= 11 is 0. The zero-order valence-electron chi connectivity index (χ0n) is 18.4. The number of morpholine rings is 1. The highest BCUT2D eigenvalue weighted by molar-refractivity contribution is 7.89. The molecular weight excluding hydrogens is 414 g/mol. The Labute approximate surface area is 185 Å². The molecule has 1 N–H and O–H groups in total. The van der Waals surface area contributed by atoms with Gasteiger partial charge in [-0.15, -0.1) is 0 Å². The molecule has 1 heterocycles. The smallest absolute Gasteiger partial charge is 0.255 e. The first-order valence-corrected chi connectivity index (χ1v) is 12.1. The Kier molecular flexibility index (Phi) is 7.69. The van der Waals surface area contributed by atoms with Gasteiger partial charge in [0.2, 0.25) is 10.0 Å². The van der Waals surface area contributed by atoms with Crippen molar-refractivity contribution in [1.29, 1.82) is 0 Å². The first-order valence-electron chi connectivity index (χ1n) is 10.6. The fraction of sp³-hybridized carbons (Fsp3) is 0.435. The molecule has 1 aliphatic heterocycles. The van der Waals surface area contributed by atoms with Crippen molar-refractivity contribution in [1.82, 2.24) is 4.31 Å². The SMILES string of the molecule is CCCCN(C)c1ccc(C(=O)Nc2cc(S(=O)(=O)N3CCOCC3)ccc2C)cc1. The Morgan fingerprint density at radius 2 is 1.81 bits per heavy atom. The van der Waals surface area contributed by atoms with Crippen molar-refractivity contribution in [3.63, 3.8) is 0 Å². The van der Waals surface area contributed by atoms with Crippen LogP contribution >= 0.6 is 0 Å². The van der Waals surface area contributed by atoms with E-state index < -0.39 is 10.0 Å². The molecule has 2 aromatic carbocycles. The van der Waals surface area contributed by atoms with Crippen molar-refractivity contribution < 1.29 is 17.9 Å². The van der Waals surface area contributed by atoms with Gasteiger partial charge in [0.1, 0.15) is 0 Å². The lowest BCUT2D eigenvalue weighted by Crippen LogP contribution is -2.40. The number of benzene rings is 2. The van der Waals surface area contributed by atoms with Crippen molar-refractivity contribution >= 4 is 27.3 Å². The maximum Gasteiger partial charge on any atom is 0.255 e. The van der Waals surface area contributed by atoms with E-state index in [1.807, 2.05) is 26.1 Å². The minimum absolute atomic E-state index is 0.170. The van der Waals surface area contributed by atoms with Gasteiger partial charge in [-0.3, -0.25) is 4.79 Å². The maximum atomic E-state index is 12.9. The Morgan fingerprint density at radius 3 is 2.45 bits per heavy atom. The van der Waals surface area contributed by atoms with E-state index >= 15 is 0 Å². The van der Waals surface area contributed by atoms with E-state index in [1.165, 1.54) is 10.4 Å². The highest BCUT2D eigenvalue weighted by Gasteiger charge is 2.27. The normalized spacial score (nSPS) is 14.9. The van der Waals surface area contributed by atoms with Gasteiger partial charge in [-0.25, -0.2) is 8.42 Å². The third-order valence-electron chi connectivity index (χ3n) is 5.48. The van der Waals surface area contributed by atoms with E-state index in [-0.39, 0.29) is 10.8 Å². The van der Waals surface area contributed by atoms with Gasteiger partial charge in [0.25, 0.3) is 5.91 Å². The van der Waals surface area contributed by atoms with E-state index in [4.69, 9.17) is 4.74 Å². The van der Waals surface area contributed by atoms with Crippen LogP contribution in [0, 0.1) is 6.92 Å². The second-order valence-corrected chi connectivity index (χ2v) is 9.71. The molecule has 0 radical (unpaired) electrons. The number of hydrogen-bond acceptors (Lipinski definition) is 5. The van der Waals surface area contributed by atoms with E-state index in [0.29, 0.717) is 37.6 Å². The second kappa shape index (κ2) is 10.3. The van der Waals surface area contributed by atoms with Crippen molar-refractivity contribution in [3.05, 3.63) is 53.6 Å². The average Bonchev–Trinajstić information content (AvgIpc) is 2.79. The first-order chi connectivity index (χ1) is 14.8. The number of ether oxygens (including phenoxy) is 1. The van der Waals surface area contributed by atoms with E-state index in [1.54, 1.807) is 24.3 Å². The Hall–Kier alpha value is -2.42. The number of carbonyl (C=O) groups is 1. The molecule has 8 heteroatoms. The molecule has 0 aromatic heterocycles. The number of hydrogen-bond donors (Lipinski definition) is 1. The summed E-state index contributed by atoms with van der Waals surface area (Å²) in [6.45, 7) is 6.40. The standard InChI is InChI=1S/C23H31N3O4S/c1-4-5-12-25(3)20-9-7-19(8-10-20)23(27)24-22-17-21(11-6-18(22)2)31(28,29)26-13-15-30-16-14-26/h6-11,17H,4-5,12-16H2,1-3H3,(H,24,27). The number of aryl methyl sites for hydroxylation is 1. The van der Waals surface area contributed by atoms with Crippen LogP contribution in [-0.4, -0.2) is 58.5 Å². The van der Waals surface area contributed by atoms with Crippen LogP contribution in [0.3, 0.4) is 0 Å². The molecule has 0 saturated carbocycles. The molecule has 7 nitrogen and oxygen atoms in total. The fourth-order valence-corrected chi connectivity index (χ4v) is 4.85. The van der Waals surface area contributed by atoms with Crippen LogP contribution in [0.4, 0.5) is 11.4 Å². The maximum absolute atomic E-state index is 12.9. The van der Waals surface area contributed by atoms with Crippen LogP contribution in [0.1, 0.15) is 35.7 Å². The summed E-state index contributed by atoms with van der Waals surface area (Å²) in [5.41, 5.74) is 2.86. The average molecular weight is 446 g/mol. The number of nitrogens with one attached hydrogen (secondary N) is 1. The molecule has 31 heavy (non-hydrogen) atoms. The monoisotopic (exact) mass is 445 g/mol. The topological polar surface area (TPSA) is 79.0 Å². The van der Waals surface area contributed by atoms with Gasteiger partial charge in [-0.1, -0.05) is 19.4 Å². The van der Waals surface area contributed by atoms with E-state index in [9.17, 15) is 13.2 Å². The number of unbranched alkanes of at least 4 members (excludes halogenated alkanes) is 1. The number of carbonyl (C=O) groups excluding carboxylic acids is 1. The molecule has 0 spiro atoms. The lowest BCUT2D eigenvalue weighted by molar-refractivity contribution is 0.0730. The predicted octanol–water partition coefficient (Wildman–Crippen LogP) is 3.50. The van der Waals surface area contributed by atoms with Gasteiger partial charge in [-0.2, -0.15) is 4.31 Å². The van der Waals surface area contributed by atoms with Crippen molar-refractivity contribution in [2.75, 3.05) is 50.1 Å². The Bertz CT molecular complexity index is 1000. The summed E-state index contributed by atoms with van der Waals surface area (Å²) in [6.07, 6.45) is 2.24. The molecule has 1 amide bonds. The van der Waals surface area contributed by atoms with Crippen LogP contribution in [0.15, 0.2) is 47.4 Å². The van der Waals surface area contributed by atoms with Crippen molar-refractivity contribution in [2.24, 2.45) is 0 Å². The number of nitrogens with zero attached hydrogens (tertiary/aromatic N) is 2. The fourth-order valence-electron chi connectivity index (χ4n) is 3.42. The number of anilines is 2. The predicted molar refractivity (Wildman–Crippen MR) is 123 cm³/mol. The largest absolute Gasteiger partial charge is 0.379 e. The molecule has 1 saturated heterocycles. The number of sulfonamides is 1. The Morgan fingerprint density at radius 1 is 1.13 bits per heavy atom. The van der Waals surface area contributed by atoms with Gasteiger partial charge in [-0.05, 0) is 55.3 Å². The third kappa shape index (κ3) is 5.64. The summed E-state index contributed by atoms with van der Waals surface area (Å²) in [6, 6.07) is 12.3. The molecule has 1 aliphatic rings. The molecular formula is C23H31N3O4S. The molecule has 0 aliphatic carbocycles. The van der Waals surface area contributed by atoms with Crippen molar-refractivity contribution in [2.45, 2.75) is 31.6 Å². The van der Waals surface area contributed by atoms with E-state index in [2.05, 4.69) is 17.1 Å². The van der Waals surface area contributed by atoms with Gasteiger partial charge < -0.3 is 15.0 Å². The van der Waals surface area contributed by atoms with E-state index in [0.717, 1.165) is 30.6 Å². The molecule has 0 bridgehead atoms. The molecule has 0 atom stereocenters. The van der Waals surface area contributed by atoms with Crippen LogP contribution in [0.25, 0.3) is 0 Å². The highest BCUT2D eigenvalue weighted by Crippen LogP contribution is 2.24. The van der Waals surface area contributed by atoms with Crippen LogP contribution in [0.2, 0.25) is 0 Å². The minimum Gasteiger partial charge on any atom is -0.379 e. The van der Waals surface area contributed by atoms with Crippen LogP contribution in [-0.2, 0) is 14.8 Å². The summed E-state index contributed by atoms with van der Waals surface area (Å²) < 4.78 is 32.5. The van der Waals surface area contributed by atoms with Gasteiger partial charge in [0, 0.05) is 43.6 Å². The lowest BCUT2D eigenvalue weighted by atomic mass is 10.1. The van der Waals surface area contributed by atoms with Gasteiger partial charge in [0.15, 0.2) is 0 Å². The molecule has 0 unspecified atom stereocenters. The summed E-state index contributed by atoms with van der Waals surface area (Å²) in [4.78, 5) is 15.1. The van der Waals surface area contributed by atoms with Crippen LogP contribution in [0.5, 0.6) is 0 Å². The number of rotatable bonds is 8. The zero-order valence-corrected chi connectivity index (χ0v) is 19.2. The summed E-state index contributed by atoms with van der Waals surface area (Å²) in [7, 11) is -1.59. The Balaban J connectivity index is 1.75. The minimum atomic E-state index is -3.63. The molecule has 168 valence electrons. The first kappa shape index (κ1) is 23.2. The third-order valence-corrected chi connectivity index (χ3v) is 7.38. The van der Waals surface area contributed by atoms with Crippen molar-refractivity contribution in [3.8, 4) is 0 Å². The van der Waals surface area contributed by atoms with Gasteiger partial charge >= 0.3 is 0 Å². The van der Waals surface area contributed by atoms with Crippen LogP contribution < -0.4 is 10.2 Å². The highest BCUT2D eigenvalue weighted by atomic mass is 32.2. The molecule has 3 rings (SSSR count). The molecule has 1 fully saturated rings. The second-order valence-electron chi connectivity index (χ2n) is 7.77. The zero-order chi connectivity index (χ0) is 22.4. The number of amides is 1. The molecule has 2 aromatic rings. The van der Waals surface area contributed by atoms with Gasteiger partial charge in [0.05, 0.1) is 18.1 Å². The summed E-state index contributed by atoms with van der Waals surface area (Å²) in [5.74, 6) is -0.271. The lowest BCUT2D eigenvalue weighted by Gasteiger charge is -2.26. The quantitative estimate of drug-likeness (QED) is 0.673. The summed E-state index contributed by atoms with van der Waals surface area (Å²) in [5, 5.41) is 2.86.